The second-order valence-electron chi connectivity index (χ2n) is 5.53. The summed E-state index contributed by atoms with van der Waals surface area (Å²) in [6.07, 6.45) is 4.09. The number of carbonyl (C=O) groups is 1. The smallest absolute Gasteiger partial charge is 0.334 e. The number of hydrogen-bond donors (Lipinski definition) is 0. The molecule has 1 aliphatic heterocycles. The Balaban J connectivity index is 2.00. The summed E-state index contributed by atoms with van der Waals surface area (Å²) in [5.74, 6) is 0.740. The highest BCUT2D eigenvalue weighted by Gasteiger charge is 2.50. The van der Waals surface area contributed by atoms with Gasteiger partial charge in [0.25, 0.3) is 0 Å². The number of ether oxygens (including phenoxy) is 1. The maximum atomic E-state index is 11.7. The lowest BCUT2D eigenvalue weighted by Gasteiger charge is -2.26. The maximum absolute atomic E-state index is 11.7. The SMILES string of the molecule is C=C1CC[C@H]2C(=C)CC[C@H]3C(=C)C(=O)O[C@H]3[C@@H]12. The third kappa shape index (κ3) is 1.43. The van der Waals surface area contributed by atoms with Gasteiger partial charge in [-0.3, -0.25) is 0 Å². The molecule has 0 unspecified atom stereocenters. The summed E-state index contributed by atoms with van der Waals surface area (Å²) in [5.41, 5.74) is 3.20. The van der Waals surface area contributed by atoms with Gasteiger partial charge in [0, 0.05) is 17.4 Å². The molecule has 2 aliphatic carbocycles. The molecule has 0 bridgehead atoms. The van der Waals surface area contributed by atoms with Crippen LogP contribution in [0.2, 0.25) is 0 Å². The summed E-state index contributed by atoms with van der Waals surface area (Å²) >= 11 is 0. The van der Waals surface area contributed by atoms with Crippen molar-refractivity contribution in [2.24, 2.45) is 17.8 Å². The quantitative estimate of drug-likeness (QED) is 0.363. The summed E-state index contributed by atoms with van der Waals surface area (Å²) in [4.78, 5) is 11.7. The number of rotatable bonds is 0. The van der Waals surface area contributed by atoms with E-state index in [4.69, 9.17) is 4.74 Å². The van der Waals surface area contributed by atoms with Gasteiger partial charge in [-0.2, -0.15) is 0 Å². The number of fused-ring (bicyclic) bond motifs is 3. The average Bonchev–Trinajstić information content (AvgIpc) is 2.75. The molecule has 1 saturated heterocycles. The second kappa shape index (κ2) is 3.59. The highest BCUT2D eigenvalue weighted by molar-refractivity contribution is 5.91. The predicted octanol–water partition coefficient (Wildman–Crippen LogP) is 3.02. The van der Waals surface area contributed by atoms with Crippen LogP contribution in [0.25, 0.3) is 0 Å². The normalized spacial score (nSPS) is 40.9. The van der Waals surface area contributed by atoms with Crippen LogP contribution in [0.1, 0.15) is 25.7 Å². The zero-order chi connectivity index (χ0) is 12.2. The van der Waals surface area contributed by atoms with E-state index < -0.39 is 0 Å². The highest BCUT2D eigenvalue weighted by Crippen LogP contribution is 2.51. The Morgan fingerprint density at radius 1 is 1.00 bits per heavy atom. The molecule has 3 aliphatic rings. The maximum Gasteiger partial charge on any atom is 0.334 e. The molecule has 3 rings (SSSR count). The lowest BCUT2D eigenvalue weighted by Crippen LogP contribution is -2.28. The monoisotopic (exact) mass is 230 g/mol. The Hall–Kier alpha value is -1.31. The molecule has 2 nitrogen and oxygen atoms in total. The summed E-state index contributed by atoms with van der Waals surface area (Å²) in [7, 11) is 0. The standard InChI is InChI=1S/C15H18O2/c1-8-4-7-12-10(3)15(16)17-14(12)13-9(2)5-6-11(8)13/h11-14H,1-7H2/t11-,12-,13-,14+/m0/s1. The molecule has 4 atom stereocenters. The van der Waals surface area contributed by atoms with Crippen LogP contribution in [0.5, 0.6) is 0 Å². The number of esters is 1. The van der Waals surface area contributed by atoms with Crippen molar-refractivity contribution in [1.29, 1.82) is 0 Å². The second-order valence-corrected chi connectivity index (χ2v) is 5.53. The Bertz CT molecular complexity index is 432. The summed E-state index contributed by atoms with van der Waals surface area (Å²) in [6, 6.07) is 0. The first-order valence-corrected chi connectivity index (χ1v) is 6.34. The fourth-order valence-electron chi connectivity index (χ4n) is 3.71. The van der Waals surface area contributed by atoms with Crippen LogP contribution < -0.4 is 0 Å². The first-order valence-electron chi connectivity index (χ1n) is 6.34. The van der Waals surface area contributed by atoms with Crippen molar-refractivity contribution in [3.8, 4) is 0 Å². The molecule has 3 fully saturated rings. The van der Waals surface area contributed by atoms with E-state index in [0.29, 0.717) is 11.5 Å². The van der Waals surface area contributed by atoms with Gasteiger partial charge in [0.05, 0.1) is 0 Å². The molecule has 0 radical (unpaired) electrons. The zero-order valence-electron chi connectivity index (χ0n) is 10.1. The Labute approximate surface area is 102 Å². The van der Waals surface area contributed by atoms with E-state index in [-0.39, 0.29) is 23.9 Å². The van der Waals surface area contributed by atoms with Crippen LogP contribution in [-0.2, 0) is 9.53 Å². The van der Waals surface area contributed by atoms with Crippen molar-refractivity contribution in [1.82, 2.24) is 0 Å². The minimum atomic E-state index is -0.203. The van der Waals surface area contributed by atoms with Crippen LogP contribution in [0.3, 0.4) is 0 Å². The third-order valence-corrected chi connectivity index (χ3v) is 4.69. The first-order chi connectivity index (χ1) is 8.09. The van der Waals surface area contributed by atoms with Crippen LogP contribution in [0.4, 0.5) is 0 Å². The predicted molar refractivity (Wildman–Crippen MR) is 66.2 cm³/mol. The molecule has 0 aromatic rings. The van der Waals surface area contributed by atoms with Gasteiger partial charge in [-0.25, -0.2) is 4.79 Å². The number of carbonyl (C=O) groups excluding carboxylic acids is 1. The van der Waals surface area contributed by atoms with Crippen molar-refractivity contribution >= 4 is 5.97 Å². The molecular formula is C15H18O2. The van der Waals surface area contributed by atoms with Crippen molar-refractivity contribution in [2.75, 3.05) is 0 Å². The summed E-state index contributed by atoms with van der Waals surface area (Å²) in [6.45, 7) is 12.3. The molecule has 90 valence electrons. The third-order valence-electron chi connectivity index (χ3n) is 4.69. The number of allylic oxidation sites excluding steroid dienone is 1. The van der Waals surface area contributed by atoms with Gasteiger partial charge < -0.3 is 4.74 Å². The van der Waals surface area contributed by atoms with Gasteiger partial charge in [0.2, 0.25) is 0 Å². The van der Waals surface area contributed by atoms with Crippen LogP contribution in [0, 0.1) is 17.8 Å². The van der Waals surface area contributed by atoms with E-state index in [2.05, 4.69) is 19.7 Å². The number of hydrogen-bond acceptors (Lipinski definition) is 2. The van der Waals surface area contributed by atoms with E-state index in [1.165, 1.54) is 11.1 Å². The van der Waals surface area contributed by atoms with Gasteiger partial charge in [-0.15, -0.1) is 0 Å². The molecular weight excluding hydrogens is 212 g/mol. The van der Waals surface area contributed by atoms with E-state index in [0.717, 1.165) is 25.7 Å². The molecule has 0 aromatic carbocycles. The van der Waals surface area contributed by atoms with Crippen molar-refractivity contribution in [2.45, 2.75) is 31.8 Å². The van der Waals surface area contributed by atoms with E-state index in [1.807, 2.05) is 0 Å². The van der Waals surface area contributed by atoms with Gasteiger partial charge in [0.1, 0.15) is 6.10 Å². The molecule has 0 N–H and O–H groups in total. The summed E-state index contributed by atoms with van der Waals surface area (Å²) in [5, 5.41) is 0. The van der Waals surface area contributed by atoms with Gasteiger partial charge in [0.15, 0.2) is 0 Å². The lowest BCUT2D eigenvalue weighted by molar-refractivity contribution is -0.141. The Morgan fingerprint density at radius 3 is 2.41 bits per heavy atom. The van der Waals surface area contributed by atoms with Crippen molar-refractivity contribution in [3.05, 3.63) is 36.5 Å². The van der Waals surface area contributed by atoms with Gasteiger partial charge in [-0.05, 0) is 31.6 Å². The largest absolute Gasteiger partial charge is 0.458 e. The molecule has 2 heteroatoms. The summed E-state index contributed by atoms with van der Waals surface area (Å²) < 4.78 is 5.55. The minimum absolute atomic E-state index is 0.0192. The van der Waals surface area contributed by atoms with Crippen molar-refractivity contribution < 1.29 is 9.53 Å². The van der Waals surface area contributed by atoms with Gasteiger partial charge >= 0.3 is 5.97 Å². The zero-order valence-corrected chi connectivity index (χ0v) is 10.1. The Morgan fingerprint density at radius 2 is 1.65 bits per heavy atom. The molecule has 2 saturated carbocycles. The van der Waals surface area contributed by atoms with E-state index in [1.54, 1.807) is 0 Å². The lowest BCUT2D eigenvalue weighted by atomic mass is 9.82. The highest BCUT2D eigenvalue weighted by atomic mass is 16.6. The van der Waals surface area contributed by atoms with Crippen molar-refractivity contribution in [3.63, 3.8) is 0 Å². The van der Waals surface area contributed by atoms with E-state index in [9.17, 15) is 4.79 Å². The topological polar surface area (TPSA) is 26.3 Å². The Kier molecular flexibility index (Phi) is 2.29. The fraction of sp³-hybridized carbons (Fsp3) is 0.533. The van der Waals surface area contributed by atoms with Crippen LogP contribution >= 0.6 is 0 Å². The molecule has 1 heterocycles. The first kappa shape index (κ1) is 10.8. The van der Waals surface area contributed by atoms with Crippen LogP contribution in [0.15, 0.2) is 36.5 Å². The average molecular weight is 230 g/mol. The fourth-order valence-corrected chi connectivity index (χ4v) is 3.71. The minimum Gasteiger partial charge on any atom is -0.458 e. The molecule has 0 spiro atoms. The molecule has 0 aromatic heterocycles. The molecule has 17 heavy (non-hydrogen) atoms. The van der Waals surface area contributed by atoms with E-state index >= 15 is 0 Å². The molecule has 0 amide bonds. The van der Waals surface area contributed by atoms with Crippen LogP contribution in [-0.4, -0.2) is 12.1 Å². The van der Waals surface area contributed by atoms with Gasteiger partial charge in [-0.1, -0.05) is 30.9 Å².